The summed E-state index contributed by atoms with van der Waals surface area (Å²) < 4.78 is 13.6. The average Bonchev–Trinajstić information content (AvgIpc) is 2.99. The van der Waals surface area contributed by atoms with Gasteiger partial charge in [-0.05, 0) is 58.7 Å². The second-order valence-electron chi connectivity index (χ2n) is 8.83. The highest BCUT2D eigenvalue weighted by Gasteiger charge is 2.19. The van der Waals surface area contributed by atoms with Crippen LogP contribution in [0.2, 0.25) is 5.02 Å². The van der Waals surface area contributed by atoms with Crippen molar-refractivity contribution in [2.24, 2.45) is 5.10 Å². The number of rotatable bonds is 9. The molecule has 0 aliphatic rings. The minimum Gasteiger partial charge on any atom is -0.490 e. The monoisotopic (exact) mass is 631 g/mol. The Morgan fingerprint density at radius 3 is 2.56 bits per heavy atom. The number of halogens is 2. The molecule has 1 N–H and O–H groups in total. The number of fused-ring (bicyclic) bond motifs is 1. The molecule has 206 valence electrons. The summed E-state index contributed by atoms with van der Waals surface area (Å²) in [6.07, 6.45) is 1.50. The first-order chi connectivity index (χ1) is 19.9. The summed E-state index contributed by atoms with van der Waals surface area (Å²) in [5.74, 6) is 0.0142. The summed E-state index contributed by atoms with van der Waals surface area (Å²) in [4.78, 5) is 29.5. The number of aromatic carboxylic acids is 1. The van der Waals surface area contributed by atoms with E-state index in [1.807, 2.05) is 43.3 Å². The summed E-state index contributed by atoms with van der Waals surface area (Å²) in [5.41, 5.74) is 2.33. The van der Waals surface area contributed by atoms with Crippen molar-refractivity contribution in [3.63, 3.8) is 0 Å². The van der Waals surface area contributed by atoms with Crippen molar-refractivity contribution < 1.29 is 19.4 Å². The second kappa shape index (κ2) is 12.4. The molecule has 0 aliphatic heterocycles. The zero-order valence-corrected chi connectivity index (χ0v) is 24.1. The standard InChI is InChI=1S/C31H23BrClN3O5/c1-2-40-25-16-22(26(32)27(33)28(25)41-18-19-9-8-12-21(15-19)31(38)39)17-34-36-29(20-10-4-3-5-11-20)35-24-14-7-6-13-23(24)30(36)37/h3-17H,2,18H2,1H3,(H,38,39). The number of benzene rings is 4. The van der Waals surface area contributed by atoms with Crippen molar-refractivity contribution >= 4 is 50.6 Å². The number of para-hydroxylation sites is 1. The van der Waals surface area contributed by atoms with Crippen LogP contribution >= 0.6 is 27.5 Å². The molecular weight excluding hydrogens is 610 g/mol. The smallest absolute Gasteiger partial charge is 0.335 e. The van der Waals surface area contributed by atoms with Crippen LogP contribution in [0.15, 0.2) is 99.3 Å². The molecule has 0 spiro atoms. The van der Waals surface area contributed by atoms with E-state index in [0.717, 1.165) is 5.56 Å². The van der Waals surface area contributed by atoms with Gasteiger partial charge in [-0.15, -0.1) is 0 Å². The number of hydrogen-bond donors (Lipinski definition) is 1. The van der Waals surface area contributed by atoms with E-state index in [1.165, 1.54) is 23.0 Å². The number of aromatic nitrogens is 2. The number of carboxylic acids is 1. The molecule has 0 fully saturated rings. The molecule has 0 saturated carbocycles. The fourth-order valence-electron chi connectivity index (χ4n) is 4.17. The van der Waals surface area contributed by atoms with Crippen LogP contribution in [0.4, 0.5) is 0 Å². The highest BCUT2D eigenvalue weighted by atomic mass is 79.9. The molecule has 0 saturated heterocycles. The fraction of sp³-hybridized carbons (Fsp3) is 0.0968. The Morgan fingerprint density at radius 2 is 1.80 bits per heavy atom. The van der Waals surface area contributed by atoms with Crippen LogP contribution < -0.4 is 15.0 Å². The molecule has 1 heterocycles. The van der Waals surface area contributed by atoms with Crippen molar-refractivity contribution in [2.45, 2.75) is 13.5 Å². The summed E-state index contributed by atoms with van der Waals surface area (Å²) in [7, 11) is 0. The third kappa shape index (κ3) is 6.01. The van der Waals surface area contributed by atoms with Gasteiger partial charge >= 0.3 is 5.97 Å². The van der Waals surface area contributed by atoms with Crippen LogP contribution in [0, 0.1) is 0 Å². The molecule has 5 rings (SSSR count). The van der Waals surface area contributed by atoms with Crippen LogP contribution in [0.25, 0.3) is 22.3 Å². The molecule has 0 bridgehead atoms. The van der Waals surface area contributed by atoms with Crippen molar-refractivity contribution in [1.82, 2.24) is 9.66 Å². The van der Waals surface area contributed by atoms with Gasteiger partial charge in [-0.1, -0.05) is 66.2 Å². The summed E-state index contributed by atoms with van der Waals surface area (Å²) in [5, 5.41) is 14.5. The van der Waals surface area contributed by atoms with E-state index in [-0.39, 0.29) is 28.5 Å². The maximum absolute atomic E-state index is 13.5. The summed E-state index contributed by atoms with van der Waals surface area (Å²) >= 11 is 10.2. The highest BCUT2D eigenvalue weighted by Crippen LogP contribution is 2.42. The Morgan fingerprint density at radius 1 is 1.05 bits per heavy atom. The normalized spacial score (nSPS) is 11.2. The van der Waals surface area contributed by atoms with E-state index in [0.29, 0.717) is 44.7 Å². The van der Waals surface area contributed by atoms with E-state index in [2.05, 4.69) is 21.0 Å². The molecule has 0 aliphatic carbocycles. The Labute approximate surface area is 248 Å². The van der Waals surface area contributed by atoms with Gasteiger partial charge in [0, 0.05) is 15.6 Å². The van der Waals surface area contributed by atoms with Gasteiger partial charge in [0.25, 0.3) is 5.56 Å². The predicted octanol–water partition coefficient (Wildman–Crippen LogP) is 7.04. The van der Waals surface area contributed by atoms with Crippen molar-refractivity contribution in [3.8, 4) is 22.9 Å². The van der Waals surface area contributed by atoms with Gasteiger partial charge in [0.05, 0.1) is 29.3 Å². The van der Waals surface area contributed by atoms with Gasteiger partial charge in [-0.3, -0.25) is 4.79 Å². The molecule has 0 radical (unpaired) electrons. The third-order valence-corrected chi connectivity index (χ3v) is 7.55. The van der Waals surface area contributed by atoms with Crippen molar-refractivity contribution in [3.05, 3.63) is 121 Å². The first-order valence-electron chi connectivity index (χ1n) is 12.6. The van der Waals surface area contributed by atoms with Crippen LogP contribution in [0.3, 0.4) is 0 Å². The van der Waals surface area contributed by atoms with Gasteiger partial charge in [0.15, 0.2) is 17.3 Å². The van der Waals surface area contributed by atoms with Crippen molar-refractivity contribution in [1.29, 1.82) is 0 Å². The molecular formula is C31H23BrClN3O5. The van der Waals surface area contributed by atoms with E-state index in [4.69, 9.17) is 26.1 Å². The number of ether oxygens (including phenoxy) is 2. The maximum Gasteiger partial charge on any atom is 0.335 e. The first-order valence-corrected chi connectivity index (χ1v) is 13.8. The molecule has 8 nitrogen and oxygen atoms in total. The van der Waals surface area contributed by atoms with E-state index in [1.54, 1.807) is 36.4 Å². The first kappa shape index (κ1) is 28.1. The number of hydrogen-bond acceptors (Lipinski definition) is 6. The SMILES string of the molecule is CCOc1cc(C=Nn2c(-c3ccccc3)nc3ccccc3c2=O)c(Br)c(Cl)c1OCc1cccc(C(=O)O)c1. The Kier molecular flexibility index (Phi) is 8.47. The zero-order valence-electron chi connectivity index (χ0n) is 21.8. The van der Waals surface area contributed by atoms with Crippen LogP contribution in [-0.2, 0) is 6.61 Å². The summed E-state index contributed by atoms with van der Waals surface area (Å²) in [6.45, 7) is 2.24. The molecule has 5 aromatic rings. The molecule has 1 aromatic heterocycles. The predicted molar refractivity (Wildman–Crippen MR) is 162 cm³/mol. The maximum atomic E-state index is 13.5. The summed E-state index contributed by atoms with van der Waals surface area (Å²) in [6, 6.07) is 24.6. The van der Waals surface area contributed by atoms with E-state index in [9.17, 15) is 14.7 Å². The number of nitrogens with zero attached hydrogens (tertiary/aromatic N) is 3. The molecule has 0 unspecified atom stereocenters. The zero-order chi connectivity index (χ0) is 28.9. The lowest BCUT2D eigenvalue weighted by Gasteiger charge is -2.16. The average molecular weight is 633 g/mol. The highest BCUT2D eigenvalue weighted by molar-refractivity contribution is 9.10. The molecule has 41 heavy (non-hydrogen) atoms. The van der Waals surface area contributed by atoms with Gasteiger partial charge in [0.1, 0.15) is 11.6 Å². The van der Waals surface area contributed by atoms with E-state index < -0.39 is 5.97 Å². The fourth-order valence-corrected chi connectivity index (χ4v) is 4.82. The lowest BCUT2D eigenvalue weighted by Crippen LogP contribution is -2.20. The Hall–Kier alpha value is -4.47. The van der Waals surface area contributed by atoms with Gasteiger partial charge in [0.2, 0.25) is 0 Å². The Balaban J connectivity index is 1.55. The number of carbonyl (C=O) groups is 1. The largest absolute Gasteiger partial charge is 0.490 e. The lowest BCUT2D eigenvalue weighted by atomic mass is 10.1. The number of carboxylic acid groups (broad SMARTS) is 1. The molecule has 0 amide bonds. The molecule has 0 atom stereocenters. The van der Waals surface area contributed by atoms with E-state index >= 15 is 0 Å². The van der Waals surface area contributed by atoms with Gasteiger partial charge in [-0.2, -0.15) is 9.78 Å². The Bertz CT molecular complexity index is 1840. The molecule has 4 aromatic carbocycles. The van der Waals surface area contributed by atoms with Gasteiger partial charge in [-0.25, -0.2) is 9.78 Å². The van der Waals surface area contributed by atoms with Gasteiger partial charge < -0.3 is 14.6 Å². The third-order valence-electron chi connectivity index (χ3n) is 6.11. The topological polar surface area (TPSA) is 103 Å². The van der Waals surface area contributed by atoms with Crippen LogP contribution in [-0.4, -0.2) is 33.6 Å². The second-order valence-corrected chi connectivity index (χ2v) is 10.00. The quantitative estimate of drug-likeness (QED) is 0.175. The van der Waals surface area contributed by atoms with Crippen molar-refractivity contribution in [2.75, 3.05) is 6.61 Å². The van der Waals surface area contributed by atoms with Crippen LogP contribution in [0.1, 0.15) is 28.4 Å². The molecule has 10 heteroatoms. The minimum atomic E-state index is -1.03. The lowest BCUT2D eigenvalue weighted by molar-refractivity contribution is 0.0696. The van der Waals surface area contributed by atoms with Crippen LogP contribution in [0.5, 0.6) is 11.5 Å². The minimum absolute atomic E-state index is 0.0688.